The molecule has 8 heteroatoms. The first-order valence-corrected chi connectivity index (χ1v) is 10.9. The maximum absolute atomic E-state index is 12.5. The van der Waals surface area contributed by atoms with E-state index in [1.807, 2.05) is 12.1 Å². The highest BCUT2D eigenvalue weighted by Gasteiger charge is 2.28. The number of aromatic nitrogens is 2. The predicted molar refractivity (Wildman–Crippen MR) is 116 cm³/mol. The van der Waals surface area contributed by atoms with Crippen molar-refractivity contribution < 1.29 is 9.59 Å². The van der Waals surface area contributed by atoms with Gasteiger partial charge in [-0.05, 0) is 37.0 Å². The lowest BCUT2D eigenvalue weighted by Crippen LogP contribution is -2.37. The van der Waals surface area contributed by atoms with Crippen LogP contribution in [0.3, 0.4) is 0 Å². The molecule has 1 fully saturated rings. The van der Waals surface area contributed by atoms with Crippen LogP contribution in [0.1, 0.15) is 49.4 Å². The molecule has 160 valence electrons. The summed E-state index contributed by atoms with van der Waals surface area (Å²) in [6.45, 7) is 5.92. The van der Waals surface area contributed by atoms with Gasteiger partial charge in [-0.1, -0.05) is 25.5 Å². The molecule has 4 rings (SSSR count). The Labute approximate surface area is 177 Å². The second kappa shape index (κ2) is 9.19. The minimum Gasteiger partial charge on any atom is -0.372 e. The third-order valence-corrected chi connectivity index (χ3v) is 5.77. The normalized spacial score (nSPS) is 15.4. The highest BCUT2D eigenvalue weighted by Crippen LogP contribution is 2.27. The molecule has 2 aliphatic heterocycles. The van der Waals surface area contributed by atoms with Gasteiger partial charge >= 0.3 is 6.03 Å². The van der Waals surface area contributed by atoms with E-state index >= 15 is 0 Å². The van der Waals surface area contributed by atoms with Crippen LogP contribution in [0.25, 0.3) is 0 Å². The van der Waals surface area contributed by atoms with E-state index in [0.29, 0.717) is 31.9 Å². The molecule has 0 aliphatic carbocycles. The van der Waals surface area contributed by atoms with Crippen molar-refractivity contribution in [1.82, 2.24) is 20.4 Å². The third-order valence-electron chi connectivity index (χ3n) is 5.77. The van der Waals surface area contributed by atoms with E-state index in [1.54, 1.807) is 4.90 Å². The second-order valence-electron chi connectivity index (χ2n) is 8.06. The molecular formula is C22H30N6O2. The zero-order valence-corrected chi connectivity index (χ0v) is 17.5. The summed E-state index contributed by atoms with van der Waals surface area (Å²) in [6.07, 6.45) is 4.79. The first kappa shape index (κ1) is 20.3. The van der Waals surface area contributed by atoms with Crippen LogP contribution in [0.4, 0.5) is 16.3 Å². The molecule has 3 N–H and O–H groups in total. The van der Waals surface area contributed by atoms with Gasteiger partial charge in [-0.15, -0.1) is 0 Å². The van der Waals surface area contributed by atoms with Gasteiger partial charge in [0.2, 0.25) is 5.91 Å². The number of nitrogens with zero attached hydrogens (tertiary/aromatic N) is 3. The number of benzene rings is 1. The lowest BCUT2D eigenvalue weighted by Gasteiger charge is -2.17. The highest BCUT2D eigenvalue weighted by molar-refractivity contribution is 5.92. The highest BCUT2D eigenvalue weighted by atomic mass is 16.2. The third kappa shape index (κ3) is 4.58. The van der Waals surface area contributed by atoms with Crippen LogP contribution >= 0.6 is 0 Å². The Balaban J connectivity index is 1.31. The van der Waals surface area contributed by atoms with Gasteiger partial charge in [0.05, 0.1) is 25.2 Å². The number of amides is 3. The van der Waals surface area contributed by atoms with E-state index in [9.17, 15) is 9.59 Å². The molecule has 1 aromatic heterocycles. The van der Waals surface area contributed by atoms with E-state index in [2.05, 4.69) is 44.8 Å². The maximum atomic E-state index is 12.5. The monoisotopic (exact) mass is 410 g/mol. The summed E-state index contributed by atoms with van der Waals surface area (Å²) in [5.74, 6) is 0.414. The van der Waals surface area contributed by atoms with Crippen molar-refractivity contribution in [2.75, 3.05) is 29.9 Å². The van der Waals surface area contributed by atoms with E-state index in [0.717, 1.165) is 42.8 Å². The number of aromatic amines is 1. The molecular weight excluding hydrogens is 380 g/mol. The molecule has 0 atom stereocenters. The number of anilines is 2. The lowest BCUT2D eigenvalue weighted by atomic mass is 10.1. The zero-order valence-electron chi connectivity index (χ0n) is 17.5. The summed E-state index contributed by atoms with van der Waals surface area (Å²) in [5, 5.41) is 13.0. The van der Waals surface area contributed by atoms with Crippen molar-refractivity contribution in [3.8, 4) is 0 Å². The molecule has 1 aromatic carbocycles. The van der Waals surface area contributed by atoms with Gasteiger partial charge in [-0.25, -0.2) is 4.79 Å². The number of hydrogen-bond donors (Lipinski definition) is 3. The Kier molecular flexibility index (Phi) is 6.21. The minimum atomic E-state index is -0.107. The maximum Gasteiger partial charge on any atom is 0.318 e. The molecule has 2 aromatic rings. The van der Waals surface area contributed by atoms with Gasteiger partial charge in [-0.2, -0.15) is 5.10 Å². The average molecular weight is 411 g/mol. The summed E-state index contributed by atoms with van der Waals surface area (Å²) in [5.41, 5.74) is 3.96. The Bertz CT molecular complexity index is 886. The molecule has 8 nitrogen and oxygen atoms in total. The number of rotatable bonds is 7. The van der Waals surface area contributed by atoms with Crippen LogP contribution in [-0.2, 0) is 24.3 Å². The second-order valence-corrected chi connectivity index (χ2v) is 8.06. The quantitative estimate of drug-likeness (QED) is 0.612. The van der Waals surface area contributed by atoms with Crippen LogP contribution in [0.5, 0.6) is 0 Å². The molecule has 0 bridgehead atoms. The fourth-order valence-electron chi connectivity index (χ4n) is 4.03. The Hall–Kier alpha value is -3.03. The van der Waals surface area contributed by atoms with E-state index in [-0.39, 0.29) is 11.9 Å². The fourth-order valence-corrected chi connectivity index (χ4v) is 4.03. The first-order valence-electron chi connectivity index (χ1n) is 10.9. The lowest BCUT2D eigenvalue weighted by molar-refractivity contribution is -0.115. The molecule has 0 unspecified atom stereocenters. The minimum absolute atomic E-state index is 0.0802. The molecule has 3 amide bonds. The molecule has 30 heavy (non-hydrogen) atoms. The Morgan fingerprint density at radius 1 is 1.13 bits per heavy atom. The van der Waals surface area contributed by atoms with Crippen molar-refractivity contribution in [2.45, 2.75) is 52.1 Å². The van der Waals surface area contributed by atoms with Crippen molar-refractivity contribution in [3.05, 3.63) is 41.1 Å². The number of H-pyrrole nitrogens is 1. The van der Waals surface area contributed by atoms with Crippen LogP contribution < -0.4 is 15.5 Å². The first-order chi connectivity index (χ1) is 14.6. The number of urea groups is 1. The van der Waals surface area contributed by atoms with Gasteiger partial charge in [0, 0.05) is 30.9 Å². The molecule has 0 saturated carbocycles. The number of fused-ring (bicyclic) bond motifs is 1. The van der Waals surface area contributed by atoms with E-state index < -0.39 is 0 Å². The van der Waals surface area contributed by atoms with Gasteiger partial charge in [0.15, 0.2) is 5.82 Å². The van der Waals surface area contributed by atoms with E-state index in [4.69, 9.17) is 0 Å². The summed E-state index contributed by atoms with van der Waals surface area (Å²) >= 11 is 0. The van der Waals surface area contributed by atoms with Crippen LogP contribution in [-0.4, -0.2) is 46.7 Å². The fraction of sp³-hybridized carbons (Fsp3) is 0.500. The molecule has 2 aliphatic rings. The van der Waals surface area contributed by atoms with Gasteiger partial charge in [0.1, 0.15) is 0 Å². The van der Waals surface area contributed by atoms with Gasteiger partial charge in [-0.3, -0.25) is 9.89 Å². The Morgan fingerprint density at radius 3 is 2.63 bits per heavy atom. The SMILES string of the molecule is CCCCNC(=O)N1Cc2[nH]nc(NC(=O)Cc3ccc(N4CCCC4)cc3)c2C1. The smallest absolute Gasteiger partial charge is 0.318 e. The molecule has 1 saturated heterocycles. The van der Waals surface area contributed by atoms with E-state index in [1.165, 1.54) is 18.5 Å². The number of nitrogens with one attached hydrogen (secondary N) is 3. The van der Waals surface area contributed by atoms with Crippen molar-refractivity contribution in [2.24, 2.45) is 0 Å². The number of carbonyl (C=O) groups is 2. The van der Waals surface area contributed by atoms with Crippen LogP contribution in [0, 0.1) is 0 Å². The van der Waals surface area contributed by atoms with Crippen molar-refractivity contribution in [3.63, 3.8) is 0 Å². The standard InChI is InChI=1S/C22H30N6O2/c1-2-3-10-23-22(30)28-14-18-19(15-28)25-26-21(18)24-20(29)13-16-6-8-17(9-7-16)27-11-4-5-12-27/h6-9H,2-5,10-15H2,1H3,(H,23,30)(H2,24,25,26,29). The van der Waals surface area contributed by atoms with Crippen LogP contribution in [0.2, 0.25) is 0 Å². The zero-order chi connectivity index (χ0) is 20.9. The predicted octanol–water partition coefficient (Wildman–Crippen LogP) is 3.02. The van der Waals surface area contributed by atoms with Crippen molar-refractivity contribution in [1.29, 1.82) is 0 Å². The topological polar surface area (TPSA) is 93.4 Å². The summed E-state index contributed by atoms with van der Waals surface area (Å²) < 4.78 is 0. The number of unbranched alkanes of at least 4 members (excludes halogenated alkanes) is 1. The molecule has 0 spiro atoms. The number of hydrogen-bond acceptors (Lipinski definition) is 4. The largest absolute Gasteiger partial charge is 0.372 e. The van der Waals surface area contributed by atoms with Gasteiger partial charge in [0.25, 0.3) is 0 Å². The Morgan fingerprint density at radius 2 is 1.90 bits per heavy atom. The number of carbonyl (C=O) groups excluding carboxylic acids is 2. The van der Waals surface area contributed by atoms with Crippen LogP contribution in [0.15, 0.2) is 24.3 Å². The van der Waals surface area contributed by atoms with Crippen molar-refractivity contribution >= 4 is 23.4 Å². The average Bonchev–Trinajstić information content (AvgIpc) is 3.47. The van der Waals surface area contributed by atoms with Gasteiger partial charge < -0.3 is 20.4 Å². The summed E-state index contributed by atoms with van der Waals surface area (Å²) in [6, 6.07) is 8.14. The molecule has 0 radical (unpaired) electrons. The summed E-state index contributed by atoms with van der Waals surface area (Å²) in [7, 11) is 0. The summed E-state index contributed by atoms with van der Waals surface area (Å²) in [4.78, 5) is 28.9. The molecule has 3 heterocycles.